The minimum Gasteiger partial charge on any atom is -0.379 e. The lowest BCUT2D eigenvalue weighted by Crippen LogP contribution is -2.44. The van der Waals surface area contributed by atoms with E-state index in [1.165, 1.54) is 5.01 Å². The van der Waals surface area contributed by atoms with Crippen molar-refractivity contribution < 1.29 is 4.74 Å². The van der Waals surface area contributed by atoms with Crippen LogP contribution in [0.3, 0.4) is 0 Å². The van der Waals surface area contributed by atoms with Crippen molar-refractivity contribution in [2.75, 3.05) is 45.9 Å². The maximum absolute atomic E-state index is 5.36. The molecule has 0 aromatic carbocycles. The summed E-state index contributed by atoms with van der Waals surface area (Å²) in [4.78, 5) is 11.6. The molecule has 6 nitrogen and oxygen atoms in total. The van der Waals surface area contributed by atoms with E-state index < -0.39 is 0 Å². The number of guanidine groups is 1. The van der Waals surface area contributed by atoms with Crippen LogP contribution in [-0.2, 0) is 17.7 Å². The zero-order valence-electron chi connectivity index (χ0n) is 14.0. The Morgan fingerprint density at radius 3 is 2.78 bits per heavy atom. The lowest BCUT2D eigenvalue weighted by atomic mass is 10.4. The lowest BCUT2D eigenvalue weighted by molar-refractivity contribution is 0.0389. The molecule has 1 aliphatic heterocycles. The van der Waals surface area contributed by atoms with E-state index >= 15 is 0 Å². The van der Waals surface area contributed by atoms with E-state index in [9.17, 15) is 0 Å². The zero-order chi connectivity index (χ0) is 15.6. The Morgan fingerprint density at radius 1 is 1.35 bits per heavy atom. The molecular formula is C15H28IN5OS. The van der Waals surface area contributed by atoms with Crippen molar-refractivity contribution in [2.24, 2.45) is 4.99 Å². The molecule has 2 rings (SSSR count). The van der Waals surface area contributed by atoms with Crippen molar-refractivity contribution in [3.63, 3.8) is 0 Å². The molecule has 0 saturated carbocycles. The van der Waals surface area contributed by atoms with E-state index in [1.807, 2.05) is 0 Å². The fourth-order valence-corrected chi connectivity index (χ4v) is 2.98. The van der Waals surface area contributed by atoms with E-state index in [0.717, 1.165) is 64.0 Å². The summed E-state index contributed by atoms with van der Waals surface area (Å²) < 4.78 is 5.36. The predicted molar refractivity (Wildman–Crippen MR) is 107 cm³/mol. The Hall–Kier alpha value is -0.450. The molecule has 2 N–H and O–H groups in total. The average molecular weight is 453 g/mol. The number of hydrogen-bond donors (Lipinski definition) is 2. The number of ether oxygens (including phenoxy) is 1. The largest absolute Gasteiger partial charge is 0.379 e. The van der Waals surface area contributed by atoms with Gasteiger partial charge in [-0.15, -0.1) is 35.3 Å². The Bertz CT molecular complexity index is 462. The van der Waals surface area contributed by atoms with Crippen molar-refractivity contribution in [1.29, 1.82) is 0 Å². The first kappa shape index (κ1) is 20.6. The molecule has 132 valence electrons. The van der Waals surface area contributed by atoms with E-state index in [2.05, 4.69) is 44.7 Å². The third-order valence-electron chi connectivity index (χ3n) is 3.47. The second kappa shape index (κ2) is 12.0. The number of aromatic nitrogens is 1. The van der Waals surface area contributed by atoms with Gasteiger partial charge in [-0.05, 0) is 13.3 Å². The molecule has 0 amide bonds. The molecule has 1 aromatic rings. The van der Waals surface area contributed by atoms with Crippen molar-refractivity contribution >= 4 is 41.3 Å². The van der Waals surface area contributed by atoms with Gasteiger partial charge in [-0.2, -0.15) is 0 Å². The Kier molecular flexibility index (Phi) is 10.7. The first-order chi connectivity index (χ1) is 10.8. The van der Waals surface area contributed by atoms with E-state index in [4.69, 9.17) is 4.74 Å². The van der Waals surface area contributed by atoms with Gasteiger partial charge >= 0.3 is 0 Å². The zero-order valence-corrected chi connectivity index (χ0v) is 17.2. The molecule has 8 heteroatoms. The number of aryl methyl sites for hydroxylation is 1. The highest BCUT2D eigenvalue weighted by Crippen LogP contribution is 2.10. The van der Waals surface area contributed by atoms with Gasteiger partial charge in [0.15, 0.2) is 5.96 Å². The normalized spacial score (nSPS) is 16.0. The third-order valence-corrected chi connectivity index (χ3v) is 4.51. The molecule has 0 aliphatic carbocycles. The molecule has 1 saturated heterocycles. The first-order valence-corrected chi connectivity index (χ1v) is 8.95. The van der Waals surface area contributed by atoms with Crippen LogP contribution in [0.15, 0.2) is 10.4 Å². The standard InChI is InChI=1S/C15H27N5OS.HI/c1-3-14-19-13(12-22-14)11-18-15(16-4-2)17-5-6-20-7-9-21-10-8-20;/h12H,3-11H2,1-2H3,(H2,16,17,18);1H. The lowest BCUT2D eigenvalue weighted by Gasteiger charge is -2.26. The molecule has 0 radical (unpaired) electrons. The molecule has 1 aliphatic rings. The Morgan fingerprint density at radius 2 is 2.13 bits per heavy atom. The molecule has 0 atom stereocenters. The van der Waals surface area contributed by atoms with Gasteiger partial charge in [0.2, 0.25) is 0 Å². The molecule has 0 unspecified atom stereocenters. The summed E-state index contributed by atoms with van der Waals surface area (Å²) >= 11 is 1.71. The molecule has 2 heterocycles. The number of rotatable bonds is 7. The van der Waals surface area contributed by atoms with E-state index in [1.54, 1.807) is 11.3 Å². The second-order valence-corrected chi connectivity index (χ2v) is 6.10. The van der Waals surface area contributed by atoms with Gasteiger partial charge in [0, 0.05) is 38.1 Å². The summed E-state index contributed by atoms with van der Waals surface area (Å²) in [5.41, 5.74) is 1.05. The fourth-order valence-electron chi connectivity index (χ4n) is 2.24. The maximum atomic E-state index is 5.36. The highest BCUT2D eigenvalue weighted by atomic mass is 127. The summed E-state index contributed by atoms with van der Waals surface area (Å²) in [6.45, 7) is 11.3. The van der Waals surface area contributed by atoms with Crippen molar-refractivity contribution in [3.8, 4) is 0 Å². The minimum absolute atomic E-state index is 0. The van der Waals surface area contributed by atoms with Crippen LogP contribution in [0.4, 0.5) is 0 Å². The van der Waals surface area contributed by atoms with Gasteiger partial charge < -0.3 is 15.4 Å². The topological polar surface area (TPSA) is 61.8 Å². The minimum atomic E-state index is 0. The predicted octanol–water partition coefficient (Wildman–Crippen LogP) is 1.71. The van der Waals surface area contributed by atoms with Crippen LogP contribution >= 0.6 is 35.3 Å². The molecule has 1 aromatic heterocycles. The number of thiazole rings is 1. The summed E-state index contributed by atoms with van der Waals surface area (Å²) in [6, 6.07) is 0. The molecule has 1 fully saturated rings. The van der Waals surface area contributed by atoms with Crippen molar-refractivity contribution in [3.05, 3.63) is 16.1 Å². The number of aliphatic imine (C=N–C) groups is 1. The van der Waals surface area contributed by atoms with Gasteiger partial charge in [-0.25, -0.2) is 9.98 Å². The van der Waals surface area contributed by atoms with Crippen LogP contribution < -0.4 is 10.6 Å². The smallest absolute Gasteiger partial charge is 0.191 e. The fraction of sp³-hybridized carbons (Fsp3) is 0.733. The summed E-state index contributed by atoms with van der Waals surface area (Å²) in [6.07, 6.45) is 0.992. The summed E-state index contributed by atoms with van der Waals surface area (Å²) in [7, 11) is 0. The van der Waals surface area contributed by atoms with E-state index in [0.29, 0.717) is 6.54 Å². The summed E-state index contributed by atoms with van der Waals surface area (Å²) in [5.74, 6) is 0.863. The van der Waals surface area contributed by atoms with E-state index in [-0.39, 0.29) is 24.0 Å². The molecular weight excluding hydrogens is 425 g/mol. The first-order valence-electron chi connectivity index (χ1n) is 8.07. The van der Waals surface area contributed by atoms with Crippen LogP contribution in [0.5, 0.6) is 0 Å². The van der Waals surface area contributed by atoms with Crippen LogP contribution in [0.25, 0.3) is 0 Å². The second-order valence-electron chi connectivity index (χ2n) is 5.16. The molecule has 0 spiro atoms. The van der Waals surface area contributed by atoms with Crippen LogP contribution in [0.2, 0.25) is 0 Å². The highest BCUT2D eigenvalue weighted by Gasteiger charge is 2.09. The number of hydrogen-bond acceptors (Lipinski definition) is 5. The monoisotopic (exact) mass is 453 g/mol. The van der Waals surface area contributed by atoms with Crippen molar-refractivity contribution in [1.82, 2.24) is 20.5 Å². The van der Waals surface area contributed by atoms with Gasteiger partial charge in [0.05, 0.1) is 30.5 Å². The number of halogens is 1. The van der Waals surface area contributed by atoms with Crippen LogP contribution in [-0.4, -0.2) is 61.8 Å². The molecule has 23 heavy (non-hydrogen) atoms. The maximum Gasteiger partial charge on any atom is 0.191 e. The average Bonchev–Trinajstić information content (AvgIpc) is 3.02. The van der Waals surface area contributed by atoms with Gasteiger partial charge in [0.1, 0.15) is 0 Å². The summed E-state index contributed by atoms with van der Waals surface area (Å²) in [5, 5.41) is 9.95. The van der Waals surface area contributed by atoms with Crippen LogP contribution in [0.1, 0.15) is 24.5 Å². The van der Waals surface area contributed by atoms with Crippen LogP contribution in [0, 0.1) is 0 Å². The number of nitrogens with zero attached hydrogens (tertiary/aromatic N) is 3. The molecule has 0 bridgehead atoms. The highest BCUT2D eigenvalue weighted by molar-refractivity contribution is 14.0. The quantitative estimate of drug-likeness (QED) is 0.374. The van der Waals surface area contributed by atoms with Gasteiger partial charge in [-0.3, -0.25) is 4.90 Å². The SMILES string of the molecule is CCNC(=NCc1csc(CC)n1)NCCN1CCOCC1.I. The van der Waals surface area contributed by atoms with Gasteiger partial charge in [-0.1, -0.05) is 6.92 Å². The number of morpholine rings is 1. The van der Waals surface area contributed by atoms with Gasteiger partial charge in [0.25, 0.3) is 0 Å². The van der Waals surface area contributed by atoms with Crippen molar-refractivity contribution in [2.45, 2.75) is 26.8 Å². The Labute approximate surface area is 160 Å². The number of nitrogens with one attached hydrogen (secondary N) is 2. The Balaban J connectivity index is 0.00000264. The third kappa shape index (κ3) is 7.77.